The summed E-state index contributed by atoms with van der Waals surface area (Å²) in [5.74, 6) is 1.36. The van der Waals surface area contributed by atoms with Crippen LogP contribution in [-0.4, -0.2) is 20.2 Å². The van der Waals surface area contributed by atoms with Crippen LogP contribution in [0.1, 0.15) is 18.1 Å². The zero-order valence-corrected chi connectivity index (χ0v) is 17.3. The van der Waals surface area contributed by atoms with Gasteiger partial charge in [-0.25, -0.2) is 4.68 Å². The van der Waals surface area contributed by atoms with E-state index in [2.05, 4.69) is 33.0 Å². The Kier molecular flexibility index (Phi) is 5.83. The number of anilines is 1. The van der Waals surface area contributed by atoms with Crippen LogP contribution in [0.4, 0.5) is 5.95 Å². The van der Waals surface area contributed by atoms with Gasteiger partial charge < -0.3 is 10.1 Å². The van der Waals surface area contributed by atoms with Crippen molar-refractivity contribution in [1.29, 1.82) is 0 Å². The molecule has 4 aromatic rings. The molecule has 8 heteroatoms. The van der Waals surface area contributed by atoms with Crippen LogP contribution < -0.4 is 10.1 Å². The Balaban J connectivity index is 1.65. The molecule has 0 unspecified atom stereocenters. The van der Waals surface area contributed by atoms with Crippen LogP contribution in [0.3, 0.4) is 0 Å². The second-order valence-electron chi connectivity index (χ2n) is 6.42. The quantitative estimate of drug-likeness (QED) is 0.430. The maximum Gasteiger partial charge on any atom is 0.243 e. The average Bonchev–Trinajstić information content (AvgIpc) is 3.19. The fourth-order valence-corrected chi connectivity index (χ4v) is 3.67. The van der Waals surface area contributed by atoms with Crippen molar-refractivity contribution in [2.24, 2.45) is 0 Å². The number of aryl methyl sites for hydroxylation is 1. The van der Waals surface area contributed by atoms with Gasteiger partial charge in [0.05, 0.1) is 0 Å². The van der Waals surface area contributed by atoms with Crippen molar-refractivity contribution >= 4 is 39.9 Å². The molecule has 0 fully saturated rings. The number of benzene rings is 3. The van der Waals surface area contributed by atoms with E-state index in [1.54, 1.807) is 16.8 Å². The van der Waals surface area contributed by atoms with E-state index in [1.807, 2.05) is 37.3 Å². The summed E-state index contributed by atoms with van der Waals surface area (Å²) < 4.78 is 7.86. The molecule has 1 heterocycles. The first kappa shape index (κ1) is 19.5. The fraction of sp³-hybridized carbons (Fsp3) is 0.190. The largest absolute Gasteiger partial charge is 0.488 e. The number of tetrazole rings is 1. The highest BCUT2D eigenvalue weighted by molar-refractivity contribution is 6.35. The standard InChI is InChI=1S/C21H19Cl2N5O/c1-2-28-21(25-26-27-28)24-12-16-15-7-4-3-6-14(15)10-11-20(16)29-13-17-18(22)8-5-9-19(17)23/h3-11H,2,12-13H2,1H3,(H,24,25,27). The molecular weight excluding hydrogens is 409 g/mol. The van der Waals surface area contributed by atoms with Crippen LogP contribution in [0.5, 0.6) is 5.75 Å². The van der Waals surface area contributed by atoms with E-state index in [9.17, 15) is 0 Å². The van der Waals surface area contributed by atoms with Gasteiger partial charge in [0, 0.05) is 34.3 Å². The van der Waals surface area contributed by atoms with E-state index in [-0.39, 0.29) is 6.61 Å². The molecule has 0 aliphatic carbocycles. The predicted octanol–water partition coefficient (Wildman–Crippen LogP) is 5.34. The van der Waals surface area contributed by atoms with E-state index in [1.165, 1.54) is 0 Å². The Morgan fingerprint density at radius 2 is 1.76 bits per heavy atom. The van der Waals surface area contributed by atoms with E-state index in [0.717, 1.165) is 27.6 Å². The second kappa shape index (κ2) is 8.68. The van der Waals surface area contributed by atoms with Crippen LogP contribution in [0.15, 0.2) is 54.6 Å². The predicted molar refractivity (Wildman–Crippen MR) is 116 cm³/mol. The van der Waals surface area contributed by atoms with Crippen molar-refractivity contribution in [1.82, 2.24) is 20.2 Å². The maximum atomic E-state index is 6.29. The lowest BCUT2D eigenvalue weighted by molar-refractivity contribution is 0.304. The summed E-state index contributed by atoms with van der Waals surface area (Å²) in [6, 6.07) is 17.6. The molecule has 1 N–H and O–H groups in total. The number of fused-ring (bicyclic) bond motifs is 1. The molecule has 1 aromatic heterocycles. The smallest absolute Gasteiger partial charge is 0.243 e. The van der Waals surface area contributed by atoms with Crippen molar-refractivity contribution in [3.05, 3.63) is 75.8 Å². The highest BCUT2D eigenvalue weighted by Crippen LogP contribution is 2.31. The Morgan fingerprint density at radius 1 is 0.966 bits per heavy atom. The first-order chi connectivity index (χ1) is 14.2. The topological polar surface area (TPSA) is 64.9 Å². The van der Waals surface area contributed by atoms with Crippen LogP contribution in [0, 0.1) is 0 Å². The van der Waals surface area contributed by atoms with Gasteiger partial charge in [-0.05, 0) is 46.3 Å². The molecule has 29 heavy (non-hydrogen) atoms. The van der Waals surface area contributed by atoms with Crippen LogP contribution in [0.2, 0.25) is 10.0 Å². The van der Waals surface area contributed by atoms with Gasteiger partial charge >= 0.3 is 0 Å². The molecule has 0 saturated carbocycles. The summed E-state index contributed by atoms with van der Waals surface area (Å²) in [5.41, 5.74) is 1.77. The number of ether oxygens (including phenoxy) is 1. The van der Waals surface area contributed by atoms with Gasteiger partial charge in [-0.1, -0.05) is 64.7 Å². The zero-order chi connectivity index (χ0) is 20.2. The Labute approximate surface area is 178 Å². The van der Waals surface area contributed by atoms with Gasteiger partial charge in [-0.2, -0.15) is 0 Å². The first-order valence-electron chi connectivity index (χ1n) is 9.23. The normalized spacial score (nSPS) is 11.0. The lowest BCUT2D eigenvalue weighted by atomic mass is 10.0. The molecule has 0 spiro atoms. The van der Waals surface area contributed by atoms with Crippen molar-refractivity contribution in [3.8, 4) is 5.75 Å². The number of hydrogen-bond acceptors (Lipinski definition) is 5. The minimum atomic E-state index is 0.274. The van der Waals surface area contributed by atoms with E-state index in [4.69, 9.17) is 27.9 Å². The molecule has 0 bridgehead atoms. The van der Waals surface area contributed by atoms with Crippen LogP contribution in [-0.2, 0) is 19.7 Å². The lowest BCUT2D eigenvalue weighted by Crippen LogP contribution is -2.09. The summed E-state index contributed by atoms with van der Waals surface area (Å²) in [4.78, 5) is 0. The fourth-order valence-electron chi connectivity index (χ4n) is 3.17. The monoisotopic (exact) mass is 427 g/mol. The van der Waals surface area contributed by atoms with Crippen LogP contribution >= 0.6 is 23.2 Å². The number of halogens is 2. The number of nitrogens with zero attached hydrogens (tertiary/aromatic N) is 4. The van der Waals surface area contributed by atoms with Crippen molar-refractivity contribution in [2.75, 3.05) is 5.32 Å². The molecule has 0 amide bonds. The van der Waals surface area contributed by atoms with Crippen molar-refractivity contribution in [2.45, 2.75) is 26.6 Å². The maximum absolute atomic E-state index is 6.29. The minimum absolute atomic E-state index is 0.274. The molecule has 0 aliphatic heterocycles. The third-order valence-electron chi connectivity index (χ3n) is 4.69. The highest BCUT2D eigenvalue weighted by Gasteiger charge is 2.13. The number of nitrogens with one attached hydrogen (secondary N) is 1. The summed E-state index contributed by atoms with van der Waals surface area (Å²) in [6.07, 6.45) is 0. The Bertz CT molecular complexity index is 1120. The molecule has 0 atom stereocenters. The highest BCUT2D eigenvalue weighted by atomic mass is 35.5. The van der Waals surface area contributed by atoms with Gasteiger partial charge in [-0.15, -0.1) is 0 Å². The number of hydrogen-bond donors (Lipinski definition) is 1. The summed E-state index contributed by atoms with van der Waals surface area (Å²) >= 11 is 12.6. The molecule has 4 rings (SSSR count). The molecule has 0 aliphatic rings. The minimum Gasteiger partial charge on any atom is -0.488 e. The second-order valence-corrected chi connectivity index (χ2v) is 7.24. The van der Waals surface area contributed by atoms with Crippen molar-refractivity contribution in [3.63, 3.8) is 0 Å². The molecule has 0 saturated heterocycles. The van der Waals surface area contributed by atoms with Crippen molar-refractivity contribution < 1.29 is 4.74 Å². The molecule has 6 nitrogen and oxygen atoms in total. The molecule has 148 valence electrons. The van der Waals surface area contributed by atoms with Gasteiger partial charge in [0.15, 0.2) is 0 Å². The van der Waals surface area contributed by atoms with Gasteiger partial charge in [-0.3, -0.25) is 0 Å². The summed E-state index contributed by atoms with van der Waals surface area (Å²) in [7, 11) is 0. The van der Waals surface area contributed by atoms with Gasteiger partial charge in [0.1, 0.15) is 12.4 Å². The van der Waals surface area contributed by atoms with Gasteiger partial charge in [0.25, 0.3) is 0 Å². The third kappa shape index (κ3) is 4.13. The molecular formula is C21H19Cl2N5O. The molecule has 3 aromatic carbocycles. The van der Waals surface area contributed by atoms with E-state index >= 15 is 0 Å². The Hall–Kier alpha value is -2.83. The first-order valence-corrected chi connectivity index (χ1v) is 9.99. The van der Waals surface area contributed by atoms with E-state index in [0.29, 0.717) is 29.1 Å². The van der Waals surface area contributed by atoms with E-state index < -0.39 is 0 Å². The molecule has 0 radical (unpaired) electrons. The third-order valence-corrected chi connectivity index (χ3v) is 5.39. The van der Waals surface area contributed by atoms with Gasteiger partial charge in [0.2, 0.25) is 5.95 Å². The number of rotatable bonds is 7. The van der Waals surface area contributed by atoms with Crippen LogP contribution in [0.25, 0.3) is 10.8 Å². The number of aromatic nitrogens is 4. The lowest BCUT2D eigenvalue weighted by Gasteiger charge is -2.16. The summed E-state index contributed by atoms with van der Waals surface area (Å²) in [5, 5.41) is 18.4. The zero-order valence-electron chi connectivity index (χ0n) is 15.8. The Morgan fingerprint density at radius 3 is 2.55 bits per heavy atom. The SMILES string of the molecule is CCn1nnnc1NCc1c(OCc2c(Cl)cccc2Cl)ccc2ccccc12. The average molecular weight is 428 g/mol. The summed E-state index contributed by atoms with van der Waals surface area (Å²) in [6.45, 7) is 3.45.